The highest BCUT2D eigenvalue weighted by Gasteiger charge is 2.33. The summed E-state index contributed by atoms with van der Waals surface area (Å²) in [5, 5.41) is 8.69. The number of carbonyl (C=O) groups is 1. The lowest BCUT2D eigenvalue weighted by molar-refractivity contribution is 0.152. The predicted molar refractivity (Wildman–Crippen MR) is 51.9 cm³/mol. The van der Waals surface area contributed by atoms with E-state index in [4.69, 9.17) is 10.8 Å². The lowest BCUT2D eigenvalue weighted by atomic mass is 10.1. The Kier molecular flexibility index (Phi) is 3.53. The van der Waals surface area contributed by atoms with Crippen LogP contribution in [0.4, 0.5) is 4.79 Å². The third-order valence-corrected chi connectivity index (χ3v) is 2.82. The van der Waals surface area contributed by atoms with Crippen molar-refractivity contribution >= 4 is 16.2 Å². The normalized spacial score (nSPS) is 26.9. The van der Waals surface area contributed by atoms with Gasteiger partial charge in [-0.05, 0) is 0 Å². The standard InChI is InChI=1S/C7H14N2O5S/c1-15(12,13)14-4-5-2-9(7(10)11)3-6(5)8/h5-6H,2-4,8H2,1H3,(H,10,11)/t5-,6-/m0/s1. The molecule has 2 atom stereocenters. The van der Waals surface area contributed by atoms with Gasteiger partial charge in [-0.1, -0.05) is 0 Å². The molecule has 0 saturated carbocycles. The first-order valence-electron chi connectivity index (χ1n) is 4.37. The molecule has 0 aromatic rings. The fourth-order valence-electron chi connectivity index (χ4n) is 1.44. The van der Waals surface area contributed by atoms with Crippen LogP contribution in [0.25, 0.3) is 0 Å². The number of nitrogens with two attached hydrogens (primary N) is 1. The van der Waals surface area contributed by atoms with Gasteiger partial charge in [0, 0.05) is 25.0 Å². The molecule has 0 aromatic heterocycles. The Balaban J connectivity index is 2.48. The van der Waals surface area contributed by atoms with E-state index in [0.717, 1.165) is 11.2 Å². The highest BCUT2D eigenvalue weighted by molar-refractivity contribution is 7.85. The van der Waals surface area contributed by atoms with Crippen LogP contribution in [0.1, 0.15) is 0 Å². The van der Waals surface area contributed by atoms with Gasteiger partial charge < -0.3 is 15.7 Å². The van der Waals surface area contributed by atoms with Crippen molar-refractivity contribution in [2.45, 2.75) is 6.04 Å². The van der Waals surface area contributed by atoms with E-state index in [1.54, 1.807) is 0 Å². The Morgan fingerprint density at radius 3 is 2.60 bits per heavy atom. The van der Waals surface area contributed by atoms with Crippen LogP contribution in [0.3, 0.4) is 0 Å². The number of carboxylic acid groups (broad SMARTS) is 1. The van der Waals surface area contributed by atoms with E-state index in [-0.39, 0.29) is 31.7 Å². The monoisotopic (exact) mass is 238 g/mol. The van der Waals surface area contributed by atoms with E-state index in [9.17, 15) is 13.2 Å². The molecule has 1 saturated heterocycles. The molecule has 0 spiro atoms. The molecule has 3 N–H and O–H groups in total. The van der Waals surface area contributed by atoms with Gasteiger partial charge in [0.05, 0.1) is 12.9 Å². The summed E-state index contributed by atoms with van der Waals surface area (Å²) in [4.78, 5) is 11.8. The fraction of sp³-hybridized carbons (Fsp3) is 0.857. The van der Waals surface area contributed by atoms with Crippen LogP contribution in [0.15, 0.2) is 0 Å². The smallest absolute Gasteiger partial charge is 0.407 e. The molecule has 15 heavy (non-hydrogen) atoms. The number of nitrogens with zero attached hydrogens (tertiary/aromatic N) is 1. The summed E-state index contributed by atoms with van der Waals surface area (Å²) >= 11 is 0. The topological polar surface area (TPSA) is 110 Å². The van der Waals surface area contributed by atoms with Gasteiger partial charge in [-0.25, -0.2) is 4.79 Å². The van der Waals surface area contributed by atoms with Crippen LogP contribution in [0.2, 0.25) is 0 Å². The predicted octanol–water partition coefficient (Wildman–Crippen LogP) is -1.10. The van der Waals surface area contributed by atoms with Crippen molar-refractivity contribution in [1.29, 1.82) is 0 Å². The molecule has 1 heterocycles. The van der Waals surface area contributed by atoms with Crippen molar-refractivity contribution in [2.24, 2.45) is 11.7 Å². The Bertz CT molecular complexity index is 341. The zero-order valence-corrected chi connectivity index (χ0v) is 9.11. The second-order valence-electron chi connectivity index (χ2n) is 3.60. The summed E-state index contributed by atoms with van der Waals surface area (Å²) in [5.41, 5.74) is 5.66. The van der Waals surface area contributed by atoms with Gasteiger partial charge in [0.25, 0.3) is 10.1 Å². The molecular formula is C7H14N2O5S. The molecule has 0 aromatic carbocycles. The minimum atomic E-state index is -3.49. The molecule has 0 unspecified atom stereocenters. The summed E-state index contributed by atoms with van der Waals surface area (Å²) < 4.78 is 26.0. The van der Waals surface area contributed by atoms with E-state index < -0.39 is 16.2 Å². The lowest BCUT2D eigenvalue weighted by Crippen LogP contribution is -2.33. The van der Waals surface area contributed by atoms with Crippen LogP contribution in [-0.4, -0.2) is 56.5 Å². The summed E-state index contributed by atoms with van der Waals surface area (Å²) in [5.74, 6) is -0.268. The van der Waals surface area contributed by atoms with Gasteiger partial charge in [-0.3, -0.25) is 4.18 Å². The fourth-order valence-corrected chi connectivity index (χ4v) is 1.86. The van der Waals surface area contributed by atoms with E-state index in [2.05, 4.69) is 4.18 Å². The van der Waals surface area contributed by atoms with Crippen LogP contribution < -0.4 is 5.73 Å². The van der Waals surface area contributed by atoms with Crippen molar-refractivity contribution in [3.05, 3.63) is 0 Å². The molecule has 7 nitrogen and oxygen atoms in total. The first-order chi connectivity index (χ1) is 6.79. The Morgan fingerprint density at radius 1 is 1.60 bits per heavy atom. The summed E-state index contributed by atoms with van der Waals surface area (Å²) in [6.07, 6.45) is -0.102. The SMILES string of the molecule is CS(=O)(=O)OC[C@@H]1CN(C(=O)O)C[C@@H]1N. The molecule has 88 valence electrons. The average Bonchev–Trinajstić information content (AvgIpc) is 2.42. The highest BCUT2D eigenvalue weighted by Crippen LogP contribution is 2.16. The van der Waals surface area contributed by atoms with Gasteiger partial charge in [0.2, 0.25) is 0 Å². The first kappa shape index (κ1) is 12.2. The maximum atomic E-state index is 10.7. The van der Waals surface area contributed by atoms with Crippen molar-refractivity contribution in [1.82, 2.24) is 4.90 Å². The van der Waals surface area contributed by atoms with Crippen molar-refractivity contribution in [3.63, 3.8) is 0 Å². The zero-order chi connectivity index (χ0) is 11.6. The Labute approximate surface area is 87.9 Å². The van der Waals surface area contributed by atoms with E-state index in [1.165, 1.54) is 0 Å². The van der Waals surface area contributed by atoms with Crippen LogP contribution in [0, 0.1) is 5.92 Å². The minimum Gasteiger partial charge on any atom is -0.465 e. The number of likely N-dealkylation sites (tertiary alicyclic amines) is 1. The van der Waals surface area contributed by atoms with Gasteiger partial charge in [-0.2, -0.15) is 8.42 Å². The highest BCUT2D eigenvalue weighted by atomic mass is 32.2. The van der Waals surface area contributed by atoms with Crippen LogP contribution >= 0.6 is 0 Å². The number of hydrogen-bond donors (Lipinski definition) is 2. The maximum Gasteiger partial charge on any atom is 0.407 e. The summed E-state index contributed by atoms with van der Waals surface area (Å²) in [7, 11) is -3.49. The van der Waals surface area contributed by atoms with Crippen molar-refractivity contribution in [3.8, 4) is 0 Å². The molecule has 0 radical (unpaired) electrons. The number of rotatable bonds is 3. The summed E-state index contributed by atoms with van der Waals surface area (Å²) in [6, 6.07) is -0.372. The zero-order valence-electron chi connectivity index (χ0n) is 8.29. The number of hydrogen-bond acceptors (Lipinski definition) is 5. The maximum absolute atomic E-state index is 10.7. The third-order valence-electron chi connectivity index (χ3n) is 2.26. The van der Waals surface area contributed by atoms with Crippen LogP contribution in [-0.2, 0) is 14.3 Å². The molecule has 8 heteroatoms. The summed E-state index contributed by atoms with van der Waals surface area (Å²) in [6.45, 7) is 0.364. The lowest BCUT2D eigenvalue weighted by Gasteiger charge is -2.12. The number of amides is 1. The third kappa shape index (κ3) is 3.65. The van der Waals surface area contributed by atoms with Gasteiger partial charge in [0.15, 0.2) is 0 Å². The largest absolute Gasteiger partial charge is 0.465 e. The Hall–Kier alpha value is -0.860. The molecule has 0 aliphatic carbocycles. The second-order valence-corrected chi connectivity index (χ2v) is 5.24. The first-order valence-corrected chi connectivity index (χ1v) is 6.19. The van der Waals surface area contributed by atoms with E-state index in [1.807, 2.05) is 0 Å². The van der Waals surface area contributed by atoms with Gasteiger partial charge in [-0.15, -0.1) is 0 Å². The molecule has 1 amide bonds. The molecule has 1 fully saturated rings. The Morgan fingerprint density at radius 2 is 2.20 bits per heavy atom. The van der Waals surface area contributed by atoms with Crippen molar-refractivity contribution in [2.75, 3.05) is 26.0 Å². The second kappa shape index (κ2) is 4.33. The average molecular weight is 238 g/mol. The molecule has 1 aliphatic heterocycles. The van der Waals surface area contributed by atoms with E-state index in [0.29, 0.717) is 0 Å². The van der Waals surface area contributed by atoms with Gasteiger partial charge in [0.1, 0.15) is 0 Å². The van der Waals surface area contributed by atoms with E-state index >= 15 is 0 Å². The van der Waals surface area contributed by atoms with Crippen LogP contribution in [0.5, 0.6) is 0 Å². The molecule has 0 bridgehead atoms. The molecule has 1 aliphatic rings. The quantitative estimate of drug-likeness (QED) is 0.604. The van der Waals surface area contributed by atoms with Crippen molar-refractivity contribution < 1.29 is 22.5 Å². The molecular weight excluding hydrogens is 224 g/mol. The molecule has 1 rings (SSSR count). The minimum absolute atomic E-state index is 0.0657. The van der Waals surface area contributed by atoms with Gasteiger partial charge >= 0.3 is 6.09 Å².